The molecule has 0 unspecified atom stereocenters. The molecule has 0 heterocycles. The number of nitrogens with one attached hydrogen (secondary N) is 1. The molecule has 0 atom stereocenters. The Morgan fingerprint density at radius 2 is 1.94 bits per heavy atom. The summed E-state index contributed by atoms with van der Waals surface area (Å²) in [5.74, 6) is 0.104. The summed E-state index contributed by atoms with van der Waals surface area (Å²) >= 11 is 0. The van der Waals surface area contributed by atoms with Crippen molar-refractivity contribution < 1.29 is 13.2 Å². The maximum atomic E-state index is 11.4. The van der Waals surface area contributed by atoms with Gasteiger partial charge < -0.3 is 10.5 Å². The van der Waals surface area contributed by atoms with Crippen LogP contribution in [0.3, 0.4) is 0 Å². The number of rotatable bonds is 8. The summed E-state index contributed by atoms with van der Waals surface area (Å²) in [4.78, 5) is 0. The van der Waals surface area contributed by atoms with E-state index in [4.69, 9.17) is 10.5 Å². The smallest absolute Gasteiger partial charge is 0.211 e. The lowest BCUT2D eigenvalue weighted by Gasteiger charge is -2.21. The van der Waals surface area contributed by atoms with E-state index in [2.05, 4.69) is 4.72 Å². The molecule has 102 valence electrons. The standard InChI is InChI=1S/C11H24N2O3S/c12-7-4-10-17(14,15)13-8-9-16-11-5-2-1-3-6-11/h11,13H,1-10,12H2. The SMILES string of the molecule is NCCCS(=O)(=O)NCCOC1CCCCC1. The van der Waals surface area contributed by atoms with Gasteiger partial charge in [0.2, 0.25) is 10.0 Å². The molecule has 5 nitrogen and oxygen atoms in total. The lowest BCUT2D eigenvalue weighted by molar-refractivity contribution is 0.0321. The molecule has 0 saturated heterocycles. The van der Waals surface area contributed by atoms with Crippen LogP contribution in [-0.2, 0) is 14.8 Å². The third-order valence-corrected chi connectivity index (χ3v) is 4.42. The van der Waals surface area contributed by atoms with Crippen LogP contribution in [0.2, 0.25) is 0 Å². The minimum absolute atomic E-state index is 0.104. The number of hydrogen-bond donors (Lipinski definition) is 2. The zero-order valence-corrected chi connectivity index (χ0v) is 11.2. The van der Waals surface area contributed by atoms with Gasteiger partial charge in [0.15, 0.2) is 0 Å². The first-order valence-corrected chi connectivity index (χ1v) is 8.08. The molecule has 0 radical (unpaired) electrons. The van der Waals surface area contributed by atoms with Crippen molar-refractivity contribution in [3.05, 3.63) is 0 Å². The number of nitrogens with two attached hydrogens (primary N) is 1. The highest BCUT2D eigenvalue weighted by atomic mass is 32.2. The maximum Gasteiger partial charge on any atom is 0.211 e. The molecule has 0 aliphatic heterocycles. The van der Waals surface area contributed by atoms with Crippen LogP contribution in [0.5, 0.6) is 0 Å². The van der Waals surface area contributed by atoms with Gasteiger partial charge in [-0.3, -0.25) is 0 Å². The van der Waals surface area contributed by atoms with E-state index >= 15 is 0 Å². The van der Waals surface area contributed by atoms with Crippen LogP contribution in [0.15, 0.2) is 0 Å². The zero-order chi connectivity index (χ0) is 12.6. The van der Waals surface area contributed by atoms with E-state index < -0.39 is 10.0 Å². The molecule has 1 fully saturated rings. The topological polar surface area (TPSA) is 81.4 Å². The van der Waals surface area contributed by atoms with Gasteiger partial charge in [-0.15, -0.1) is 0 Å². The van der Waals surface area contributed by atoms with Crippen LogP contribution in [-0.4, -0.2) is 40.0 Å². The molecule has 17 heavy (non-hydrogen) atoms. The Labute approximate surface area is 104 Å². The first kappa shape index (κ1) is 14.9. The molecular formula is C11H24N2O3S. The Kier molecular flexibility index (Phi) is 7.03. The fourth-order valence-corrected chi connectivity index (χ4v) is 3.09. The van der Waals surface area contributed by atoms with E-state index in [1.165, 1.54) is 19.3 Å². The lowest BCUT2D eigenvalue weighted by Crippen LogP contribution is -2.31. The minimum Gasteiger partial charge on any atom is -0.377 e. The first-order valence-electron chi connectivity index (χ1n) is 6.43. The normalized spacial score (nSPS) is 18.4. The van der Waals surface area contributed by atoms with E-state index in [9.17, 15) is 8.42 Å². The Morgan fingerprint density at radius 3 is 2.59 bits per heavy atom. The van der Waals surface area contributed by atoms with Crippen molar-refractivity contribution in [3.8, 4) is 0 Å². The van der Waals surface area contributed by atoms with E-state index in [1.54, 1.807) is 0 Å². The van der Waals surface area contributed by atoms with Crippen molar-refractivity contribution in [2.45, 2.75) is 44.6 Å². The van der Waals surface area contributed by atoms with E-state index in [1.807, 2.05) is 0 Å². The molecular weight excluding hydrogens is 240 g/mol. The lowest BCUT2D eigenvalue weighted by atomic mass is 9.98. The van der Waals surface area contributed by atoms with Crippen LogP contribution in [0.1, 0.15) is 38.5 Å². The Hall–Kier alpha value is -0.170. The highest BCUT2D eigenvalue weighted by molar-refractivity contribution is 7.89. The fraction of sp³-hybridized carbons (Fsp3) is 1.00. The zero-order valence-electron chi connectivity index (χ0n) is 10.4. The summed E-state index contributed by atoms with van der Waals surface area (Å²) in [5, 5.41) is 0. The average molecular weight is 264 g/mol. The van der Waals surface area contributed by atoms with Gasteiger partial charge in [-0.1, -0.05) is 19.3 Å². The second-order valence-electron chi connectivity index (χ2n) is 4.49. The van der Waals surface area contributed by atoms with Crippen LogP contribution in [0.25, 0.3) is 0 Å². The van der Waals surface area contributed by atoms with Gasteiger partial charge in [0, 0.05) is 6.54 Å². The van der Waals surface area contributed by atoms with Crippen LogP contribution >= 0.6 is 0 Å². The van der Waals surface area contributed by atoms with Crippen molar-refractivity contribution in [2.75, 3.05) is 25.4 Å². The van der Waals surface area contributed by atoms with Gasteiger partial charge in [0.05, 0.1) is 18.5 Å². The van der Waals surface area contributed by atoms with Gasteiger partial charge in [-0.25, -0.2) is 13.1 Å². The molecule has 0 aromatic heterocycles. The van der Waals surface area contributed by atoms with Gasteiger partial charge >= 0.3 is 0 Å². The van der Waals surface area contributed by atoms with Gasteiger partial charge in [0.25, 0.3) is 0 Å². The number of hydrogen-bond acceptors (Lipinski definition) is 4. The summed E-state index contributed by atoms with van der Waals surface area (Å²) < 4.78 is 31.0. The molecule has 1 saturated carbocycles. The molecule has 1 aliphatic carbocycles. The highest BCUT2D eigenvalue weighted by Gasteiger charge is 2.14. The van der Waals surface area contributed by atoms with Crippen molar-refractivity contribution in [1.29, 1.82) is 0 Å². The molecule has 0 spiro atoms. The van der Waals surface area contributed by atoms with Crippen molar-refractivity contribution >= 4 is 10.0 Å². The quantitative estimate of drug-likeness (QED) is 0.629. The Balaban J connectivity index is 2.06. The van der Waals surface area contributed by atoms with E-state index in [0.717, 1.165) is 12.8 Å². The number of sulfonamides is 1. The molecule has 0 amide bonds. The predicted octanol–water partition coefficient (Wildman–Crippen LogP) is 0.604. The predicted molar refractivity (Wildman–Crippen MR) is 68.3 cm³/mol. The van der Waals surface area contributed by atoms with E-state index in [-0.39, 0.29) is 5.75 Å². The van der Waals surface area contributed by atoms with Crippen molar-refractivity contribution in [1.82, 2.24) is 4.72 Å². The summed E-state index contributed by atoms with van der Waals surface area (Å²) in [6.45, 7) is 1.23. The Morgan fingerprint density at radius 1 is 1.24 bits per heavy atom. The van der Waals surface area contributed by atoms with Crippen molar-refractivity contribution in [3.63, 3.8) is 0 Å². The maximum absolute atomic E-state index is 11.4. The fourth-order valence-electron chi connectivity index (χ4n) is 2.00. The van der Waals surface area contributed by atoms with Crippen LogP contribution < -0.4 is 10.5 Å². The summed E-state index contributed by atoms with van der Waals surface area (Å²) in [5.41, 5.74) is 5.27. The molecule has 1 aliphatic rings. The first-order chi connectivity index (χ1) is 8.14. The second-order valence-corrected chi connectivity index (χ2v) is 6.41. The van der Waals surface area contributed by atoms with Gasteiger partial charge in [-0.2, -0.15) is 0 Å². The molecule has 3 N–H and O–H groups in total. The average Bonchev–Trinajstić information content (AvgIpc) is 2.34. The monoisotopic (exact) mass is 264 g/mol. The summed E-state index contributed by atoms with van der Waals surface area (Å²) in [6.07, 6.45) is 6.81. The molecule has 0 bridgehead atoms. The second kappa shape index (κ2) is 8.02. The molecule has 1 rings (SSSR count). The summed E-state index contributed by atoms with van der Waals surface area (Å²) in [6, 6.07) is 0. The van der Waals surface area contributed by atoms with Crippen molar-refractivity contribution in [2.24, 2.45) is 5.73 Å². The highest BCUT2D eigenvalue weighted by Crippen LogP contribution is 2.19. The molecule has 0 aromatic carbocycles. The van der Waals surface area contributed by atoms with Crippen LogP contribution in [0, 0.1) is 0 Å². The minimum atomic E-state index is -3.16. The van der Waals surface area contributed by atoms with E-state index in [0.29, 0.717) is 32.2 Å². The van der Waals surface area contributed by atoms with Crippen LogP contribution in [0.4, 0.5) is 0 Å². The van der Waals surface area contributed by atoms with Gasteiger partial charge in [-0.05, 0) is 25.8 Å². The summed E-state index contributed by atoms with van der Waals surface area (Å²) in [7, 11) is -3.16. The number of ether oxygens (including phenoxy) is 1. The molecule has 6 heteroatoms. The van der Waals surface area contributed by atoms with Gasteiger partial charge in [0.1, 0.15) is 0 Å². The third kappa shape index (κ3) is 6.98. The largest absolute Gasteiger partial charge is 0.377 e. The third-order valence-electron chi connectivity index (χ3n) is 2.95. The molecule has 0 aromatic rings. The Bertz CT molecular complexity index is 287.